The molecule has 114 valence electrons. The molecule has 2 aromatic heterocycles. The van der Waals surface area contributed by atoms with Gasteiger partial charge in [0.05, 0.1) is 17.4 Å². The third-order valence-electron chi connectivity index (χ3n) is 3.35. The van der Waals surface area contributed by atoms with Crippen LogP contribution in [-0.2, 0) is 0 Å². The molecule has 0 unspecified atom stereocenters. The smallest absolute Gasteiger partial charge is 0.258 e. The lowest BCUT2D eigenvalue weighted by Crippen LogP contribution is -2.13. The Morgan fingerprint density at radius 2 is 1.87 bits per heavy atom. The predicted molar refractivity (Wildman–Crippen MR) is 90.9 cm³/mol. The standard InChI is InChI=1S/C18H16N4O/c1-13-5-2-3-7-16(13)21-15-8-9-17(20-12-15)22-18(23)14-6-4-10-19-11-14/h2-12,21H,1H3,(H,20,22,23). The number of rotatable bonds is 4. The second-order valence-corrected chi connectivity index (χ2v) is 5.07. The number of nitrogens with zero attached hydrogens (tertiary/aromatic N) is 2. The van der Waals surface area contributed by atoms with E-state index in [2.05, 4.69) is 20.6 Å². The van der Waals surface area contributed by atoms with Crippen LogP contribution in [0.3, 0.4) is 0 Å². The minimum absolute atomic E-state index is 0.231. The fourth-order valence-corrected chi connectivity index (χ4v) is 2.10. The molecule has 1 amide bonds. The number of benzene rings is 1. The minimum Gasteiger partial charge on any atom is -0.354 e. The molecule has 0 saturated heterocycles. The summed E-state index contributed by atoms with van der Waals surface area (Å²) >= 11 is 0. The summed E-state index contributed by atoms with van der Waals surface area (Å²) in [6, 6.07) is 15.1. The number of hydrogen-bond donors (Lipinski definition) is 2. The first kappa shape index (κ1) is 14.7. The zero-order valence-electron chi connectivity index (χ0n) is 12.7. The van der Waals surface area contributed by atoms with Gasteiger partial charge in [-0.1, -0.05) is 18.2 Å². The largest absolute Gasteiger partial charge is 0.354 e. The van der Waals surface area contributed by atoms with Crippen LogP contribution in [0.4, 0.5) is 17.2 Å². The lowest BCUT2D eigenvalue weighted by Gasteiger charge is -2.10. The number of amides is 1. The van der Waals surface area contributed by atoms with E-state index in [1.807, 2.05) is 37.3 Å². The summed E-state index contributed by atoms with van der Waals surface area (Å²) < 4.78 is 0. The van der Waals surface area contributed by atoms with Gasteiger partial charge in [-0.05, 0) is 42.8 Å². The monoisotopic (exact) mass is 304 g/mol. The second kappa shape index (κ2) is 6.70. The average Bonchev–Trinajstić information content (AvgIpc) is 2.59. The Morgan fingerprint density at radius 3 is 2.57 bits per heavy atom. The van der Waals surface area contributed by atoms with Gasteiger partial charge in [-0.25, -0.2) is 4.98 Å². The number of carbonyl (C=O) groups excluding carboxylic acids is 1. The first-order valence-corrected chi connectivity index (χ1v) is 7.22. The van der Waals surface area contributed by atoms with Crippen molar-refractivity contribution in [3.8, 4) is 0 Å². The molecule has 0 aliphatic rings. The molecule has 5 nitrogen and oxygen atoms in total. The van der Waals surface area contributed by atoms with Gasteiger partial charge in [-0.15, -0.1) is 0 Å². The minimum atomic E-state index is -0.231. The summed E-state index contributed by atoms with van der Waals surface area (Å²) in [5.74, 6) is 0.263. The fourth-order valence-electron chi connectivity index (χ4n) is 2.10. The van der Waals surface area contributed by atoms with E-state index in [1.165, 1.54) is 6.20 Å². The van der Waals surface area contributed by atoms with Crippen molar-refractivity contribution in [3.05, 3.63) is 78.2 Å². The molecule has 23 heavy (non-hydrogen) atoms. The normalized spacial score (nSPS) is 10.1. The third kappa shape index (κ3) is 3.71. The Balaban J connectivity index is 1.68. The maximum absolute atomic E-state index is 12.0. The van der Waals surface area contributed by atoms with Crippen molar-refractivity contribution in [2.75, 3.05) is 10.6 Å². The average molecular weight is 304 g/mol. The number of pyridine rings is 2. The van der Waals surface area contributed by atoms with Crippen molar-refractivity contribution < 1.29 is 4.79 Å². The Morgan fingerprint density at radius 1 is 1.00 bits per heavy atom. The number of hydrogen-bond acceptors (Lipinski definition) is 4. The van der Waals surface area contributed by atoms with Crippen LogP contribution < -0.4 is 10.6 Å². The van der Waals surface area contributed by atoms with Gasteiger partial charge in [0.2, 0.25) is 0 Å². The summed E-state index contributed by atoms with van der Waals surface area (Å²) in [5, 5.41) is 6.04. The van der Waals surface area contributed by atoms with Crippen LogP contribution in [0.1, 0.15) is 15.9 Å². The van der Waals surface area contributed by atoms with Gasteiger partial charge >= 0.3 is 0 Å². The SMILES string of the molecule is Cc1ccccc1Nc1ccc(NC(=O)c2cccnc2)nc1. The molecule has 0 fully saturated rings. The molecule has 0 radical (unpaired) electrons. The highest BCUT2D eigenvalue weighted by molar-refractivity contribution is 6.03. The Labute approximate surface area is 134 Å². The van der Waals surface area contributed by atoms with E-state index >= 15 is 0 Å². The number of para-hydroxylation sites is 1. The zero-order chi connectivity index (χ0) is 16.1. The molecule has 0 aliphatic heterocycles. The topological polar surface area (TPSA) is 66.9 Å². The Bertz CT molecular complexity index is 801. The van der Waals surface area contributed by atoms with Crippen molar-refractivity contribution in [3.63, 3.8) is 0 Å². The van der Waals surface area contributed by atoms with Gasteiger partial charge in [-0.3, -0.25) is 9.78 Å². The van der Waals surface area contributed by atoms with Gasteiger partial charge in [0.25, 0.3) is 5.91 Å². The lowest BCUT2D eigenvalue weighted by molar-refractivity contribution is 0.102. The van der Waals surface area contributed by atoms with Gasteiger partial charge in [0.15, 0.2) is 0 Å². The molecule has 0 saturated carbocycles. The predicted octanol–water partition coefficient (Wildman–Crippen LogP) is 3.78. The summed E-state index contributed by atoms with van der Waals surface area (Å²) in [4.78, 5) is 20.2. The highest BCUT2D eigenvalue weighted by atomic mass is 16.1. The summed E-state index contributed by atoms with van der Waals surface area (Å²) in [6.45, 7) is 2.04. The number of carbonyl (C=O) groups is 1. The molecule has 0 spiro atoms. The Hall–Kier alpha value is -3.21. The Kier molecular flexibility index (Phi) is 4.29. The highest BCUT2D eigenvalue weighted by Gasteiger charge is 2.06. The van der Waals surface area contributed by atoms with Gasteiger partial charge < -0.3 is 10.6 Å². The molecule has 3 rings (SSSR count). The van der Waals surface area contributed by atoms with Crippen LogP contribution in [-0.4, -0.2) is 15.9 Å². The molecule has 2 heterocycles. The molecular formula is C18H16N4O. The lowest BCUT2D eigenvalue weighted by atomic mass is 10.2. The number of nitrogens with one attached hydrogen (secondary N) is 2. The first-order valence-electron chi connectivity index (χ1n) is 7.22. The fraction of sp³-hybridized carbons (Fsp3) is 0.0556. The van der Waals surface area contributed by atoms with Crippen LogP contribution in [0.5, 0.6) is 0 Å². The number of aromatic nitrogens is 2. The molecule has 1 aromatic carbocycles. The van der Waals surface area contributed by atoms with E-state index in [4.69, 9.17) is 0 Å². The van der Waals surface area contributed by atoms with Gasteiger partial charge in [0.1, 0.15) is 5.82 Å². The van der Waals surface area contributed by atoms with Gasteiger partial charge in [-0.2, -0.15) is 0 Å². The quantitative estimate of drug-likeness (QED) is 0.769. The van der Waals surface area contributed by atoms with Gasteiger partial charge in [0, 0.05) is 18.1 Å². The van der Waals surface area contributed by atoms with E-state index in [9.17, 15) is 4.79 Å². The maximum atomic E-state index is 12.0. The summed E-state index contributed by atoms with van der Waals surface area (Å²) in [7, 11) is 0. The second-order valence-electron chi connectivity index (χ2n) is 5.07. The van der Waals surface area contributed by atoms with Crippen molar-refractivity contribution >= 4 is 23.1 Å². The van der Waals surface area contributed by atoms with Crippen LogP contribution in [0.25, 0.3) is 0 Å². The molecule has 3 aromatic rings. The van der Waals surface area contributed by atoms with E-state index < -0.39 is 0 Å². The van der Waals surface area contributed by atoms with Crippen molar-refractivity contribution in [1.82, 2.24) is 9.97 Å². The van der Waals surface area contributed by atoms with E-state index in [1.54, 1.807) is 30.6 Å². The van der Waals surface area contributed by atoms with Crippen molar-refractivity contribution in [2.45, 2.75) is 6.92 Å². The first-order chi connectivity index (χ1) is 11.2. The maximum Gasteiger partial charge on any atom is 0.258 e. The van der Waals surface area contributed by atoms with E-state index in [-0.39, 0.29) is 5.91 Å². The molecular weight excluding hydrogens is 288 g/mol. The zero-order valence-corrected chi connectivity index (χ0v) is 12.7. The molecule has 0 aliphatic carbocycles. The third-order valence-corrected chi connectivity index (χ3v) is 3.35. The van der Waals surface area contributed by atoms with Crippen molar-refractivity contribution in [1.29, 1.82) is 0 Å². The number of anilines is 3. The molecule has 0 atom stereocenters. The molecule has 0 bridgehead atoms. The van der Waals surface area contributed by atoms with Crippen LogP contribution in [0.2, 0.25) is 0 Å². The van der Waals surface area contributed by atoms with Crippen molar-refractivity contribution in [2.24, 2.45) is 0 Å². The molecule has 2 N–H and O–H groups in total. The van der Waals surface area contributed by atoms with Crippen LogP contribution in [0.15, 0.2) is 67.1 Å². The van der Waals surface area contributed by atoms with E-state index in [0.717, 1.165) is 16.9 Å². The molecule has 5 heteroatoms. The highest BCUT2D eigenvalue weighted by Crippen LogP contribution is 2.20. The van der Waals surface area contributed by atoms with Crippen LogP contribution in [0, 0.1) is 6.92 Å². The summed E-state index contributed by atoms with van der Waals surface area (Å²) in [5.41, 5.74) is 3.54. The van der Waals surface area contributed by atoms with E-state index in [0.29, 0.717) is 11.4 Å². The number of aryl methyl sites for hydroxylation is 1. The summed E-state index contributed by atoms with van der Waals surface area (Å²) in [6.07, 6.45) is 4.83. The van der Waals surface area contributed by atoms with Crippen LogP contribution >= 0.6 is 0 Å².